The molecule has 1 aliphatic heterocycles. The van der Waals surface area contributed by atoms with Crippen LogP contribution in [-0.2, 0) is 4.74 Å². The lowest BCUT2D eigenvalue weighted by Gasteiger charge is -2.26. The van der Waals surface area contributed by atoms with Gasteiger partial charge < -0.3 is 20.3 Å². The highest BCUT2D eigenvalue weighted by molar-refractivity contribution is 7.80. The summed E-state index contributed by atoms with van der Waals surface area (Å²) in [5, 5.41) is 7.18. The number of ether oxygens (including phenoxy) is 1. The van der Waals surface area contributed by atoms with Gasteiger partial charge in [-0.2, -0.15) is 0 Å². The van der Waals surface area contributed by atoms with Gasteiger partial charge in [-0.25, -0.2) is 0 Å². The number of morpholine rings is 1. The van der Waals surface area contributed by atoms with Gasteiger partial charge in [0.05, 0.1) is 13.2 Å². The van der Waals surface area contributed by atoms with Crippen molar-refractivity contribution >= 4 is 28.7 Å². The predicted octanol–water partition coefficient (Wildman–Crippen LogP) is 2.15. The first kappa shape index (κ1) is 18.0. The first-order valence-electron chi connectivity index (χ1n) is 8.43. The van der Waals surface area contributed by atoms with Crippen molar-refractivity contribution in [1.29, 1.82) is 0 Å². The van der Waals surface area contributed by atoms with Crippen LogP contribution in [0.1, 0.15) is 13.8 Å². The largest absolute Gasteiger partial charge is 0.379 e. The second-order valence-corrected chi connectivity index (χ2v) is 5.96. The molecule has 2 rings (SSSR count). The third-order valence-corrected chi connectivity index (χ3v) is 4.32. The highest BCUT2D eigenvalue weighted by Crippen LogP contribution is 2.17. The zero-order valence-corrected chi connectivity index (χ0v) is 15.0. The summed E-state index contributed by atoms with van der Waals surface area (Å²) in [4.78, 5) is 4.71. The average molecular weight is 337 g/mol. The molecule has 0 bridgehead atoms. The molecule has 0 amide bonds. The molecule has 128 valence electrons. The van der Waals surface area contributed by atoms with E-state index in [0.29, 0.717) is 5.11 Å². The molecule has 6 heteroatoms. The smallest absolute Gasteiger partial charge is 0.170 e. The lowest BCUT2D eigenvalue weighted by molar-refractivity contribution is 0.0389. The number of thiocarbonyl (C=S) groups is 1. The third-order valence-electron chi connectivity index (χ3n) is 4.07. The maximum atomic E-state index is 5.36. The molecule has 0 unspecified atom stereocenters. The number of hydrogen-bond acceptors (Lipinski definition) is 4. The second-order valence-electron chi connectivity index (χ2n) is 5.55. The Morgan fingerprint density at radius 2 is 1.83 bits per heavy atom. The number of anilines is 2. The molecule has 0 spiro atoms. The normalized spacial score (nSPS) is 15.2. The fourth-order valence-corrected chi connectivity index (χ4v) is 2.89. The summed E-state index contributed by atoms with van der Waals surface area (Å²) < 4.78 is 5.35. The van der Waals surface area contributed by atoms with Gasteiger partial charge in [-0.15, -0.1) is 0 Å². The lowest BCUT2D eigenvalue weighted by atomic mass is 10.2. The molecule has 1 aromatic carbocycles. The zero-order valence-electron chi connectivity index (χ0n) is 14.2. The van der Waals surface area contributed by atoms with E-state index >= 15 is 0 Å². The van der Waals surface area contributed by atoms with Gasteiger partial charge in [-0.3, -0.25) is 4.90 Å². The van der Waals surface area contributed by atoms with Gasteiger partial charge in [0.15, 0.2) is 5.11 Å². The first-order chi connectivity index (χ1) is 11.2. The topological polar surface area (TPSA) is 39.8 Å². The predicted molar refractivity (Wildman–Crippen MR) is 101 cm³/mol. The van der Waals surface area contributed by atoms with Crippen LogP contribution in [0.15, 0.2) is 24.3 Å². The van der Waals surface area contributed by atoms with E-state index in [1.165, 1.54) is 5.69 Å². The van der Waals surface area contributed by atoms with E-state index in [9.17, 15) is 0 Å². The molecule has 5 nitrogen and oxygen atoms in total. The maximum absolute atomic E-state index is 5.36. The summed E-state index contributed by atoms with van der Waals surface area (Å²) in [6.45, 7) is 11.9. The summed E-state index contributed by atoms with van der Waals surface area (Å²) >= 11 is 5.36. The Hall–Kier alpha value is -1.37. The number of benzene rings is 1. The van der Waals surface area contributed by atoms with Crippen LogP contribution in [0.25, 0.3) is 0 Å². The highest BCUT2D eigenvalue weighted by Gasteiger charge is 2.09. The Kier molecular flexibility index (Phi) is 7.58. The van der Waals surface area contributed by atoms with Crippen molar-refractivity contribution in [2.75, 3.05) is 62.7 Å². The van der Waals surface area contributed by atoms with E-state index in [-0.39, 0.29) is 0 Å². The van der Waals surface area contributed by atoms with Crippen molar-refractivity contribution in [1.82, 2.24) is 10.2 Å². The summed E-state index contributed by atoms with van der Waals surface area (Å²) in [7, 11) is 0. The van der Waals surface area contributed by atoms with Crippen molar-refractivity contribution in [3.8, 4) is 0 Å². The van der Waals surface area contributed by atoms with Crippen LogP contribution in [0.3, 0.4) is 0 Å². The molecule has 2 N–H and O–H groups in total. The Morgan fingerprint density at radius 1 is 1.17 bits per heavy atom. The van der Waals surface area contributed by atoms with E-state index < -0.39 is 0 Å². The van der Waals surface area contributed by atoms with Crippen LogP contribution in [0.5, 0.6) is 0 Å². The standard InChI is InChI=1S/C17H28N4OS/c1-3-21(4-2)16-7-5-15(6-8-16)19-17(23)18-9-10-20-11-13-22-14-12-20/h5-8H,3-4,9-14H2,1-2H3,(H2,18,19,23). The van der Waals surface area contributed by atoms with Crippen LogP contribution in [0, 0.1) is 0 Å². The van der Waals surface area contributed by atoms with Crippen LogP contribution < -0.4 is 15.5 Å². The van der Waals surface area contributed by atoms with Gasteiger partial charge in [0.1, 0.15) is 0 Å². The van der Waals surface area contributed by atoms with Crippen molar-refractivity contribution in [3.05, 3.63) is 24.3 Å². The molecule has 1 saturated heterocycles. The zero-order chi connectivity index (χ0) is 16.5. The van der Waals surface area contributed by atoms with Gasteiger partial charge in [0.25, 0.3) is 0 Å². The third kappa shape index (κ3) is 5.97. The molecule has 1 aliphatic rings. The minimum absolute atomic E-state index is 0.675. The molecule has 0 saturated carbocycles. The first-order valence-corrected chi connectivity index (χ1v) is 8.83. The van der Waals surface area contributed by atoms with Gasteiger partial charge in [-0.1, -0.05) is 0 Å². The van der Waals surface area contributed by atoms with Gasteiger partial charge >= 0.3 is 0 Å². The van der Waals surface area contributed by atoms with Crippen LogP contribution in [0.4, 0.5) is 11.4 Å². The van der Waals surface area contributed by atoms with Crippen LogP contribution in [-0.4, -0.2) is 62.5 Å². The molecule has 0 aromatic heterocycles. The average Bonchev–Trinajstić information content (AvgIpc) is 2.58. The van der Waals surface area contributed by atoms with Crippen molar-refractivity contribution in [3.63, 3.8) is 0 Å². The van der Waals surface area contributed by atoms with Crippen molar-refractivity contribution in [2.45, 2.75) is 13.8 Å². The number of nitrogens with one attached hydrogen (secondary N) is 2. The summed E-state index contributed by atoms with van der Waals surface area (Å²) in [6, 6.07) is 8.41. The number of nitrogens with zero attached hydrogens (tertiary/aromatic N) is 2. The Labute approximate surface area is 145 Å². The SMILES string of the molecule is CCN(CC)c1ccc(NC(=S)NCCN2CCOCC2)cc1. The Morgan fingerprint density at radius 3 is 2.43 bits per heavy atom. The Balaban J connectivity index is 1.72. The summed E-state index contributed by atoms with van der Waals surface area (Å²) in [5.74, 6) is 0. The van der Waals surface area contributed by atoms with Crippen molar-refractivity contribution in [2.24, 2.45) is 0 Å². The second kappa shape index (κ2) is 9.70. The van der Waals surface area contributed by atoms with Crippen LogP contribution in [0.2, 0.25) is 0 Å². The Bertz CT molecular complexity index is 470. The van der Waals surface area contributed by atoms with Crippen molar-refractivity contribution < 1.29 is 4.74 Å². The van der Waals surface area contributed by atoms with E-state index in [2.05, 4.69) is 58.5 Å². The quantitative estimate of drug-likeness (QED) is 0.744. The number of hydrogen-bond donors (Lipinski definition) is 2. The molecular weight excluding hydrogens is 308 g/mol. The fraction of sp³-hybridized carbons (Fsp3) is 0.588. The monoisotopic (exact) mass is 336 g/mol. The van der Waals surface area contributed by atoms with Gasteiger partial charge in [0.2, 0.25) is 0 Å². The van der Waals surface area contributed by atoms with Gasteiger partial charge in [0, 0.05) is 50.6 Å². The molecule has 1 aromatic rings. The molecule has 23 heavy (non-hydrogen) atoms. The molecule has 0 aliphatic carbocycles. The minimum atomic E-state index is 0.675. The summed E-state index contributed by atoms with van der Waals surface area (Å²) in [6.07, 6.45) is 0. The van der Waals surface area contributed by atoms with Crippen LogP contribution >= 0.6 is 12.2 Å². The maximum Gasteiger partial charge on any atom is 0.170 e. The van der Waals surface area contributed by atoms with E-state index in [0.717, 1.165) is 58.2 Å². The van der Waals surface area contributed by atoms with E-state index in [1.807, 2.05) is 0 Å². The molecular formula is C17H28N4OS. The molecule has 0 atom stereocenters. The highest BCUT2D eigenvalue weighted by atomic mass is 32.1. The molecule has 1 fully saturated rings. The lowest BCUT2D eigenvalue weighted by Crippen LogP contribution is -2.42. The fourth-order valence-electron chi connectivity index (χ4n) is 2.67. The van der Waals surface area contributed by atoms with Gasteiger partial charge in [-0.05, 0) is 50.3 Å². The van der Waals surface area contributed by atoms with E-state index in [1.54, 1.807) is 0 Å². The minimum Gasteiger partial charge on any atom is -0.379 e. The molecule has 1 heterocycles. The molecule has 0 radical (unpaired) electrons. The number of rotatable bonds is 7. The van der Waals surface area contributed by atoms with E-state index in [4.69, 9.17) is 17.0 Å². The summed E-state index contributed by atoms with van der Waals surface area (Å²) in [5.41, 5.74) is 2.26.